The highest BCUT2D eigenvalue weighted by Gasteiger charge is 2.15. The number of likely N-dealkylation sites (N-methyl/N-ethyl adjacent to an activating group) is 1. The minimum absolute atomic E-state index is 0.169. The highest BCUT2D eigenvalue weighted by atomic mass is 16.1. The van der Waals surface area contributed by atoms with Crippen molar-refractivity contribution in [2.45, 2.75) is 38.0 Å². The molecule has 0 radical (unpaired) electrons. The first kappa shape index (κ1) is 12.3. The maximum atomic E-state index is 11.7. The van der Waals surface area contributed by atoms with Crippen LogP contribution in [-0.2, 0) is 0 Å². The molecule has 17 heavy (non-hydrogen) atoms. The molecule has 2 rings (SSSR count). The summed E-state index contributed by atoms with van der Waals surface area (Å²) in [4.78, 5) is 11.7. The monoisotopic (exact) mass is 231 g/mol. The maximum Gasteiger partial charge on any atom is 0.176 e. The Labute approximate surface area is 103 Å². The molecule has 2 nitrogen and oxygen atoms in total. The number of ketones is 1. The molecule has 1 aromatic carbocycles. The van der Waals surface area contributed by atoms with Crippen LogP contribution < -0.4 is 5.32 Å². The van der Waals surface area contributed by atoms with E-state index in [1.807, 2.05) is 12.1 Å². The average molecular weight is 231 g/mol. The first-order valence-corrected chi connectivity index (χ1v) is 6.59. The fourth-order valence-corrected chi connectivity index (χ4v) is 2.64. The molecule has 0 bridgehead atoms. The van der Waals surface area contributed by atoms with Crippen LogP contribution in [-0.4, -0.2) is 19.4 Å². The van der Waals surface area contributed by atoms with Crippen molar-refractivity contribution >= 4 is 5.78 Å². The summed E-state index contributed by atoms with van der Waals surface area (Å²) in [5.74, 6) is 0.889. The predicted octanol–water partition coefficient (Wildman–Crippen LogP) is 3.14. The van der Waals surface area contributed by atoms with Gasteiger partial charge < -0.3 is 5.32 Å². The number of hydrogen-bond acceptors (Lipinski definition) is 2. The first-order chi connectivity index (χ1) is 8.31. The Morgan fingerprint density at radius 3 is 2.41 bits per heavy atom. The van der Waals surface area contributed by atoms with Crippen molar-refractivity contribution in [3.63, 3.8) is 0 Å². The van der Waals surface area contributed by atoms with Gasteiger partial charge in [0.1, 0.15) is 0 Å². The zero-order chi connectivity index (χ0) is 12.1. The van der Waals surface area contributed by atoms with Crippen molar-refractivity contribution in [3.05, 3.63) is 35.4 Å². The molecule has 0 saturated heterocycles. The van der Waals surface area contributed by atoms with E-state index in [-0.39, 0.29) is 5.78 Å². The van der Waals surface area contributed by atoms with E-state index < -0.39 is 0 Å². The lowest BCUT2D eigenvalue weighted by molar-refractivity contribution is 0.0993. The minimum Gasteiger partial charge on any atom is -0.313 e. The molecule has 1 N–H and O–H groups in total. The fraction of sp³-hybridized carbons (Fsp3) is 0.533. The van der Waals surface area contributed by atoms with Gasteiger partial charge in [0.2, 0.25) is 0 Å². The Hall–Kier alpha value is -1.15. The van der Waals surface area contributed by atoms with Gasteiger partial charge in [0.05, 0.1) is 6.54 Å². The van der Waals surface area contributed by atoms with Gasteiger partial charge in [0.15, 0.2) is 5.78 Å². The Morgan fingerprint density at radius 1 is 1.18 bits per heavy atom. The normalized spacial score (nSPS) is 17.0. The maximum absolute atomic E-state index is 11.7. The first-order valence-electron chi connectivity index (χ1n) is 6.59. The molecule has 1 aromatic rings. The third kappa shape index (κ3) is 3.16. The van der Waals surface area contributed by atoms with Crippen molar-refractivity contribution in [1.82, 2.24) is 5.32 Å². The summed E-state index contributed by atoms with van der Waals surface area (Å²) in [6.07, 6.45) is 6.71. The summed E-state index contributed by atoms with van der Waals surface area (Å²) in [5, 5.41) is 2.89. The highest BCUT2D eigenvalue weighted by Crippen LogP contribution is 2.32. The van der Waals surface area contributed by atoms with Crippen LogP contribution >= 0.6 is 0 Å². The zero-order valence-corrected chi connectivity index (χ0v) is 10.5. The number of carbonyl (C=O) groups excluding carboxylic acids is 1. The molecule has 1 fully saturated rings. The fourth-order valence-electron chi connectivity index (χ4n) is 2.64. The van der Waals surface area contributed by atoms with E-state index in [0.29, 0.717) is 6.54 Å². The molecule has 0 heterocycles. The number of benzene rings is 1. The second-order valence-corrected chi connectivity index (χ2v) is 4.91. The molecule has 0 amide bonds. The molecule has 1 saturated carbocycles. The smallest absolute Gasteiger partial charge is 0.176 e. The van der Waals surface area contributed by atoms with Crippen LogP contribution in [0.3, 0.4) is 0 Å². The number of nitrogens with one attached hydrogen (secondary N) is 1. The highest BCUT2D eigenvalue weighted by molar-refractivity contribution is 5.97. The summed E-state index contributed by atoms with van der Waals surface area (Å²) < 4.78 is 0. The summed E-state index contributed by atoms with van der Waals surface area (Å²) >= 11 is 0. The number of Topliss-reactive ketones (excluding diaryl/α,β-unsaturated/α-hetero) is 1. The molecule has 2 heteroatoms. The van der Waals surface area contributed by atoms with Crippen LogP contribution in [0.5, 0.6) is 0 Å². The Balaban J connectivity index is 2.04. The number of hydrogen-bond donors (Lipinski definition) is 1. The van der Waals surface area contributed by atoms with Crippen LogP contribution in [0.2, 0.25) is 0 Å². The molecule has 1 aliphatic carbocycles. The SMILES string of the molecule is CNCC(=O)c1ccc(C2CCCCC2)cc1. The van der Waals surface area contributed by atoms with Crippen molar-refractivity contribution in [2.75, 3.05) is 13.6 Å². The lowest BCUT2D eigenvalue weighted by Gasteiger charge is -2.22. The van der Waals surface area contributed by atoms with Crippen LogP contribution in [0.25, 0.3) is 0 Å². The molecule has 0 spiro atoms. The standard InChI is InChI=1S/C15H21NO/c1-16-11-15(17)14-9-7-13(8-10-14)12-5-3-2-4-6-12/h7-10,12,16H,2-6,11H2,1H3. The van der Waals surface area contributed by atoms with Crippen LogP contribution in [0.15, 0.2) is 24.3 Å². The Kier molecular flexibility index (Phi) is 4.32. The van der Waals surface area contributed by atoms with Crippen molar-refractivity contribution in [1.29, 1.82) is 0 Å². The summed E-state index contributed by atoms with van der Waals surface area (Å²) in [5.41, 5.74) is 2.23. The Bertz CT molecular complexity index is 363. The van der Waals surface area contributed by atoms with Gasteiger partial charge >= 0.3 is 0 Å². The van der Waals surface area contributed by atoms with E-state index in [4.69, 9.17) is 0 Å². The van der Waals surface area contributed by atoms with Crippen LogP contribution in [0.1, 0.15) is 53.9 Å². The van der Waals surface area contributed by atoms with E-state index in [9.17, 15) is 4.79 Å². The minimum atomic E-state index is 0.169. The van der Waals surface area contributed by atoms with Gasteiger partial charge in [-0.2, -0.15) is 0 Å². The molecule has 1 aliphatic rings. The van der Waals surface area contributed by atoms with E-state index in [2.05, 4.69) is 17.4 Å². The quantitative estimate of drug-likeness (QED) is 0.807. The average Bonchev–Trinajstić information content (AvgIpc) is 2.40. The molecule has 0 aliphatic heterocycles. The summed E-state index contributed by atoms with van der Waals surface area (Å²) in [7, 11) is 1.80. The molecule has 0 unspecified atom stereocenters. The molecule has 92 valence electrons. The van der Waals surface area contributed by atoms with E-state index in [1.54, 1.807) is 7.05 Å². The second-order valence-electron chi connectivity index (χ2n) is 4.91. The number of carbonyl (C=O) groups is 1. The number of rotatable bonds is 4. The van der Waals surface area contributed by atoms with Gasteiger partial charge in [-0.05, 0) is 31.4 Å². The van der Waals surface area contributed by atoms with Gasteiger partial charge in [-0.1, -0.05) is 43.5 Å². The van der Waals surface area contributed by atoms with Crippen LogP contribution in [0.4, 0.5) is 0 Å². The topological polar surface area (TPSA) is 29.1 Å². The van der Waals surface area contributed by atoms with Gasteiger partial charge in [-0.15, -0.1) is 0 Å². The lowest BCUT2D eigenvalue weighted by atomic mass is 9.84. The summed E-state index contributed by atoms with van der Waals surface area (Å²) in [6.45, 7) is 0.419. The van der Waals surface area contributed by atoms with Crippen molar-refractivity contribution < 1.29 is 4.79 Å². The summed E-state index contributed by atoms with van der Waals surface area (Å²) in [6, 6.07) is 8.23. The molecular formula is C15H21NO. The molecule has 0 atom stereocenters. The van der Waals surface area contributed by atoms with E-state index in [0.717, 1.165) is 11.5 Å². The predicted molar refractivity (Wildman–Crippen MR) is 70.5 cm³/mol. The second kappa shape index (κ2) is 5.97. The lowest BCUT2D eigenvalue weighted by Crippen LogP contribution is -2.18. The third-order valence-corrected chi connectivity index (χ3v) is 3.65. The van der Waals surface area contributed by atoms with Gasteiger partial charge in [0, 0.05) is 5.56 Å². The third-order valence-electron chi connectivity index (χ3n) is 3.65. The van der Waals surface area contributed by atoms with Gasteiger partial charge in [-0.25, -0.2) is 0 Å². The van der Waals surface area contributed by atoms with Crippen molar-refractivity contribution in [2.24, 2.45) is 0 Å². The van der Waals surface area contributed by atoms with E-state index >= 15 is 0 Å². The van der Waals surface area contributed by atoms with E-state index in [1.165, 1.54) is 37.7 Å². The van der Waals surface area contributed by atoms with Gasteiger partial charge in [-0.3, -0.25) is 4.79 Å². The van der Waals surface area contributed by atoms with Gasteiger partial charge in [0.25, 0.3) is 0 Å². The molecular weight excluding hydrogens is 210 g/mol. The van der Waals surface area contributed by atoms with Crippen LogP contribution in [0, 0.1) is 0 Å². The zero-order valence-electron chi connectivity index (χ0n) is 10.5. The largest absolute Gasteiger partial charge is 0.313 e. The van der Waals surface area contributed by atoms with Crippen molar-refractivity contribution in [3.8, 4) is 0 Å². The Morgan fingerprint density at radius 2 is 1.82 bits per heavy atom. The molecule has 0 aromatic heterocycles.